The topological polar surface area (TPSA) is 66.6 Å². The van der Waals surface area contributed by atoms with E-state index < -0.39 is 10.0 Å². The van der Waals surface area contributed by atoms with Crippen LogP contribution in [0.2, 0.25) is 0 Å². The maximum absolute atomic E-state index is 12.6. The third kappa shape index (κ3) is 3.08. The Kier molecular flexibility index (Phi) is 4.13. The molecule has 0 spiro atoms. The van der Waals surface area contributed by atoms with Crippen molar-refractivity contribution in [1.29, 1.82) is 0 Å². The van der Waals surface area contributed by atoms with E-state index >= 15 is 0 Å². The van der Waals surface area contributed by atoms with E-state index in [-0.39, 0.29) is 6.04 Å². The van der Waals surface area contributed by atoms with E-state index in [1.165, 1.54) is 0 Å². The van der Waals surface area contributed by atoms with Gasteiger partial charge in [-0.2, -0.15) is 4.31 Å². The predicted octanol–water partition coefficient (Wildman–Crippen LogP) is 0.984. The third-order valence-corrected chi connectivity index (χ3v) is 5.50. The first kappa shape index (κ1) is 14.3. The quantitative estimate of drug-likeness (QED) is 0.822. The minimum Gasteiger partial charge on any atom is -0.399 e. The summed E-state index contributed by atoms with van der Waals surface area (Å²) in [6, 6.07) is 6.39. The number of nitrogens with two attached hydrogens (primary N) is 1. The molecule has 0 saturated carbocycles. The molecule has 1 aliphatic heterocycles. The van der Waals surface area contributed by atoms with E-state index in [2.05, 4.69) is 4.90 Å². The van der Waals surface area contributed by atoms with Crippen LogP contribution >= 0.6 is 0 Å². The lowest BCUT2D eigenvalue weighted by Crippen LogP contribution is -2.41. The van der Waals surface area contributed by atoms with Gasteiger partial charge < -0.3 is 10.6 Å². The van der Waals surface area contributed by atoms with Gasteiger partial charge in [-0.3, -0.25) is 0 Å². The van der Waals surface area contributed by atoms with Crippen molar-refractivity contribution in [2.75, 3.05) is 32.4 Å². The molecule has 5 nitrogen and oxygen atoms in total. The molecule has 6 heteroatoms. The van der Waals surface area contributed by atoms with Gasteiger partial charge in [-0.05, 0) is 51.2 Å². The average molecular weight is 283 g/mol. The van der Waals surface area contributed by atoms with Gasteiger partial charge in [-0.15, -0.1) is 0 Å². The van der Waals surface area contributed by atoms with Crippen molar-refractivity contribution >= 4 is 15.7 Å². The fraction of sp³-hybridized carbons (Fsp3) is 0.538. The molecule has 2 rings (SSSR count). The number of rotatable bonds is 2. The van der Waals surface area contributed by atoms with E-state index in [9.17, 15) is 8.42 Å². The van der Waals surface area contributed by atoms with Gasteiger partial charge in [0.1, 0.15) is 0 Å². The standard InChI is InChI=1S/C13H21N3O2S/c1-11-10-15(2)8-3-9-16(11)19(17,18)13-6-4-12(14)5-7-13/h4-7,11H,3,8-10,14H2,1-2H3. The number of sulfonamides is 1. The van der Waals surface area contributed by atoms with Crippen molar-refractivity contribution < 1.29 is 8.42 Å². The summed E-state index contributed by atoms with van der Waals surface area (Å²) < 4.78 is 26.9. The Labute approximate surface area is 115 Å². The molecule has 1 fully saturated rings. The highest BCUT2D eigenvalue weighted by Crippen LogP contribution is 2.21. The van der Waals surface area contributed by atoms with Gasteiger partial charge in [0.2, 0.25) is 10.0 Å². The van der Waals surface area contributed by atoms with Gasteiger partial charge in [0.25, 0.3) is 0 Å². The lowest BCUT2D eigenvalue weighted by molar-refractivity contribution is 0.290. The molecular formula is C13H21N3O2S. The number of likely N-dealkylation sites (N-methyl/N-ethyl adjacent to an activating group) is 1. The second kappa shape index (κ2) is 5.48. The van der Waals surface area contributed by atoms with Crippen LogP contribution in [0.3, 0.4) is 0 Å². The summed E-state index contributed by atoms with van der Waals surface area (Å²) in [7, 11) is -1.40. The molecule has 0 bridgehead atoms. The highest BCUT2D eigenvalue weighted by molar-refractivity contribution is 7.89. The van der Waals surface area contributed by atoms with Crippen molar-refractivity contribution in [2.45, 2.75) is 24.3 Å². The summed E-state index contributed by atoms with van der Waals surface area (Å²) in [5, 5.41) is 0. The zero-order valence-corrected chi connectivity index (χ0v) is 12.2. The van der Waals surface area contributed by atoms with Crippen LogP contribution in [0.25, 0.3) is 0 Å². The van der Waals surface area contributed by atoms with Crippen molar-refractivity contribution in [3.8, 4) is 0 Å². The van der Waals surface area contributed by atoms with E-state index in [0.29, 0.717) is 17.1 Å². The Morgan fingerprint density at radius 3 is 2.47 bits per heavy atom. The second-order valence-electron chi connectivity index (χ2n) is 5.15. The van der Waals surface area contributed by atoms with Gasteiger partial charge in [-0.1, -0.05) is 0 Å². The maximum atomic E-state index is 12.6. The summed E-state index contributed by atoms with van der Waals surface area (Å²) in [6.45, 7) is 4.21. The van der Waals surface area contributed by atoms with Crippen LogP contribution in [-0.2, 0) is 10.0 Å². The molecule has 0 aromatic heterocycles. The van der Waals surface area contributed by atoms with Crippen LogP contribution in [-0.4, -0.2) is 50.3 Å². The molecule has 1 aromatic rings. The average Bonchev–Trinajstić information content (AvgIpc) is 2.50. The van der Waals surface area contributed by atoms with Crippen LogP contribution in [0.5, 0.6) is 0 Å². The summed E-state index contributed by atoms with van der Waals surface area (Å²) in [4.78, 5) is 2.49. The molecule has 106 valence electrons. The third-order valence-electron chi connectivity index (χ3n) is 3.47. The van der Waals surface area contributed by atoms with E-state index in [1.807, 2.05) is 14.0 Å². The molecule has 1 aliphatic rings. The van der Waals surface area contributed by atoms with Gasteiger partial charge in [-0.25, -0.2) is 8.42 Å². The zero-order chi connectivity index (χ0) is 14.0. The molecule has 1 unspecified atom stereocenters. The lowest BCUT2D eigenvalue weighted by Gasteiger charge is -2.27. The molecule has 1 aromatic carbocycles. The summed E-state index contributed by atoms with van der Waals surface area (Å²) in [5.41, 5.74) is 6.18. The minimum atomic E-state index is -3.42. The van der Waals surface area contributed by atoms with Gasteiger partial charge >= 0.3 is 0 Å². The summed E-state index contributed by atoms with van der Waals surface area (Å²) in [6.07, 6.45) is 0.856. The van der Waals surface area contributed by atoms with Crippen molar-refractivity contribution in [2.24, 2.45) is 0 Å². The number of nitrogen functional groups attached to an aromatic ring is 1. The van der Waals surface area contributed by atoms with Crippen LogP contribution in [0.15, 0.2) is 29.2 Å². The minimum absolute atomic E-state index is 0.0185. The highest BCUT2D eigenvalue weighted by Gasteiger charge is 2.30. The van der Waals surface area contributed by atoms with Crippen LogP contribution in [0.1, 0.15) is 13.3 Å². The first-order valence-corrected chi connectivity index (χ1v) is 7.91. The molecule has 0 radical (unpaired) electrons. The maximum Gasteiger partial charge on any atom is 0.243 e. The van der Waals surface area contributed by atoms with Crippen LogP contribution < -0.4 is 5.73 Å². The molecule has 2 N–H and O–H groups in total. The smallest absolute Gasteiger partial charge is 0.243 e. The lowest BCUT2D eigenvalue weighted by atomic mass is 10.3. The van der Waals surface area contributed by atoms with Crippen LogP contribution in [0, 0.1) is 0 Å². The second-order valence-corrected chi connectivity index (χ2v) is 7.04. The first-order chi connectivity index (χ1) is 8.91. The predicted molar refractivity (Wildman–Crippen MR) is 76.3 cm³/mol. The Morgan fingerprint density at radius 2 is 1.84 bits per heavy atom. The highest BCUT2D eigenvalue weighted by atomic mass is 32.2. The van der Waals surface area contributed by atoms with Crippen LogP contribution in [0.4, 0.5) is 5.69 Å². The number of anilines is 1. The van der Waals surface area contributed by atoms with Gasteiger partial charge in [0.05, 0.1) is 4.90 Å². The van der Waals surface area contributed by atoms with E-state index in [0.717, 1.165) is 19.5 Å². The van der Waals surface area contributed by atoms with Crippen molar-refractivity contribution in [3.05, 3.63) is 24.3 Å². The monoisotopic (exact) mass is 283 g/mol. The number of nitrogens with zero attached hydrogens (tertiary/aromatic N) is 2. The Balaban J connectivity index is 2.30. The molecular weight excluding hydrogens is 262 g/mol. The molecule has 1 saturated heterocycles. The van der Waals surface area contributed by atoms with E-state index in [4.69, 9.17) is 5.73 Å². The van der Waals surface area contributed by atoms with Crippen molar-refractivity contribution in [3.63, 3.8) is 0 Å². The molecule has 1 atom stereocenters. The fourth-order valence-electron chi connectivity index (χ4n) is 2.48. The van der Waals surface area contributed by atoms with Gasteiger partial charge in [0, 0.05) is 24.8 Å². The Bertz CT molecular complexity index is 527. The summed E-state index contributed by atoms with van der Waals surface area (Å²) >= 11 is 0. The molecule has 0 aliphatic carbocycles. The molecule has 1 heterocycles. The molecule has 0 amide bonds. The normalized spacial score (nSPS) is 23.2. The fourth-order valence-corrected chi connectivity index (χ4v) is 4.14. The largest absolute Gasteiger partial charge is 0.399 e. The number of hydrogen-bond donors (Lipinski definition) is 1. The first-order valence-electron chi connectivity index (χ1n) is 6.47. The number of benzene rings is 1. The Hall–Kier alpha value is -1.11. The SMILES string of the molecule is CC1CN(C)CCCN1S(=O)(=O)c1ccc(N)cc1. The van der Waals surface area contributed by atoms with Crippen molar-refractivity contribution in [1.82, 2.24) is 9.21 Å². The molecule has 19 heavy (non-hydrogen) atoms. The van der Waals surface area contributed by atoms with Gasteiger partial charge in [0.15, 0.2) is 0 Å². The zero-order valence-electron chi connectivity index (χ0n) is 11.4. The number of hydrogen-bond acceptors (Lipinski definition) is 4. The summed E-state index contributed by atoms with van der Waals surface area (Å²) in [5.74, 6) is 0. The Morgan fingerprint density at radius 1 is 1.21 bits per heavy atom. The van der Waals surface area contributed by atoms with E-state index in [1.54, 1.807) is 28.6 Å².